The van der Waals surface area contributed by atoms with Crippen LogP contribution >= 0.6 is 11.6 Å². The van der Waals surface area contributed by atoms with Crippen LogP contribution < -0.4 is 31.7 Å². The molecule has 13 nitrogen and oxygen atoms in total. The number of hydrogen-bond acceptors (Lipinski definition) is 9. The molecular formula is C30H27ClF2N10O3. The van der Waals surface area contributed by atoms with Crippen LogP contribution in [0.1, 0.15) is 12.0 Å². The Labute approximate surface area is 264 Å². The van der Waals surface area contributed by atoms with Crippen molar-refractivity contribution in [1.29, 1.82) is 0 Å². The van der Waals surface area contributed by atoms with E-state index in [1.807, 2.05) is 12.1 Å². The molecule has 1 unspecified atom stereocenters. The number of aromatic amines is 1. The number of piperidine rings is 1. The van der Waals surface area contributed by atoms with Crippen molar-refractivity contribution >= 4 is 57.2 Å². The highest BCUT2D eigenvalue weighted by molar-refractivity contribution is 6.32. The average molecular weight is 649 g/mol. The number of aryl methyl sites for hydroxylation is 1. The Morgan fingerprint density at radius 1 is 1.07 bits per heavy atom. The number of rotatable bonds is 6. The van der Waals surface area contributed by atoms with Crippen molar-refractivity contribution in [2.75, 3.05) is 40.6 Å². The van der Waals surface area contributed by atoms with E-state index in [0.29, 0.717) is 28.1 Å². The molecule has 5 heterocycles. The van der Waals surface area contributed by atoms with Crippen molar-refractivity contribution in [2.45, 2.75) is 24.8 Å². The van der Waals surface area contributed by atoms with E-state index in [0.717, 1.165) is 11.3 Å². The summed E-state index contributed by atoms with van der Waals surface area (Å²) >= 11 is 6.36. The maximum absolute atomic E-state index is 15.6. The summed E-state index contributed by atoms with van der Waals surface area (Å²) in [6.07, 6.45) is 3.09. The molecule has 0 saturated carbocycles. The minimum absolute atomic E-state index is 0.000582. The van der Waals surface area contributed by atoms with Crippen LogP contribution in [0, 0.1) is 0 Å². The number of hydrogen-bond donors (Lipinski definition) is 3. The molecule has 3 aromatic heterocycles. The second-order valence-corrected chi connectivity index (χ2v) is 11.7. The number of nitrogens with one attached hydrogen (secondary N) is 3. The second-order valence-electron chi connectivity index (χ2n) is 11.3. The van der Waals surface area contributed by atoms with Gasteiger partial charge in [-0.25, -0.2) is 18.6 Å². The van der Waals surface area contributed by atoms with Gasteiger partial charge in [-0.05, 0) is 48.4 Å². The van der Waals surface area contributed by atoms with E-state index >= 15 is 8.78 Å². The first-order chi connectivity index (χ1) is 22.0. The van der Waals surface area contributed by atoms with Crippen LogP contribution in [0.5, 0.6) is 0 Å². The number of nitrogens with zero attached hydrogens (tertiary/aromatic N) is 7. The minimum atomic E-state index is -3.15. The van der Waals surface area contributed by atoms with E-state index in [1.165, 1.54) is 27.9 Å². The van der Waals surface area contributed by atoms with Crippen molar-refractivity contribution in [2.24, 2.45) is 7.05 Å². The summed E-state index contributed by atoms with van der Waals surface area (Å²) in [4.78, 5) is 49.8. The molecule has 1 saturated heterocycles. The average Bonchev–Trinajstić information content (AvgIpc) is 3.49. The van der Waals surface area contributed by atoms with E-state index in [9.17, 15) is 14.4 Å². The van der Waals surface area contributed by atoms with Gasteiger partial charge in [0.2, 0.25) is 11.9 Å². The van der Waals surface area contributed by atoms with Crippen LogP contribution in [-0.4, -0.2) is 67.3 Å². The lowest BCUT2D eigenvalue weighted by molar-refractivity contribution is -0.117. The third kappa shape index (κ3) is 5.21. The Balaban J connectivity index is 1.07. The highest BCUT2D eigenvalue weighted by Crippen LogP contribution is 2.35. The van der Waals surface area contributed by atoms with Gasteiger partial charge in [0.15, 0.2) is 11.6 Å². The first-order valence-electron chi connectivity index (χ1n) is 14.3. The Morgan fingerprint density at radius 3 is 2.65 bits per heavy atom. The summed E-state index contributed by atoms with van der Waals surface area (Å²) in [5.41, 5.74) is 2.26. The molecular weight excluding hydrogens is 622 g/mol. The zero-order valence-corrected chi connectivity index (χ0v) is 25.3. The summed E-state index contributed by atoms with van der Waals surface area (Å²) in [5, 5.41) is 11.3. The quantitative estimate of drug-likeness (QED) is 0.252. The number of amides is 1. The molecule has 16 heteroatoms. The monoisotopic (exact) mass is 648 g/mol. The molecule has 1 amide bonds. The fourth-order valence-corrected chi connectivity index (χ4v) is 6.00. The topological polar surface area (TPSA) is 146 Å². The van der Waals surface area contributed by atoms with E-state index in [-0.39, 0.29) is 42.1 Å². The van der Waals surface area contributed by atoms with Crippen molar-refractivity contribution < 1.29 is 13.6 Å². The Kier molecular flexibility index (Phi) is 6.99. The minimum Gasteiger partial charge on any atom is -0.376 e. The highest BCUT2D eigenvalue weighted by atomic mass is 35.5. The number of benzene rings is 2. The SMILES string of the molecule is CN1C(=O)Cc2cc(Nc3nc(N4CCC(Nc5ccc6c(-n7ccc(=O)[nH]c7=O)nn(C)c6c5)C(F)(F)C4)ncc3Cl)ccc21. The lowest BCUT2D eigenvalue weighted by atomic mass is 10.0. The molecule has 7 rings (SSSR count). The lowest BCUT2D eigenvalue weighted by Crippen LogP contribution is -2.55. The molecule has 1 atom stereocenters. The van der Waals surface area contributed by atoms with Gasteiger partial charge in [-0.3, -0.25) is 23.8 Å². The van der Waals surface area contributed by atoms with Gasteiger partial charge in [-0.2, -0.15) is 10.1 Å². The summed E-state index contributed by atoms with van der Waals surface area (Å²) in [7, 11) is 3.40. The molecule has 2 aliphatic heterocycles. The van der Waals surface area contributed by atoms with Gasteiger partial charge >= 0.3 is 5.69 Å². The number of H-pyrrole nitrogens is 1. The van der Waals surface area contributed by atoms with E-state index in [4.69, 9.17) is 11.6 Å². The van der Waals surface area contributed by atoms with Crippen LogP contribution in [-0.2, 0) is 18.3 Å². The predicted molar refractivity (Wildman–Crippen MR) is 170 cm³/mol. The van der Waals surface area contributed by atoms with Gasteiger partial charge in [-0.1, -0.05) is 11.6 Å². The third-order valence-corrected chi connectivity index (χ3v) is 8.53. The molecule has 0 spiro atoms. The van der Waals surface area contributed by atoms with Gasteiger partial charge in [0.25, 0.3) is 11.5 Å². The van der Waals surface area contributed by atoms with Crippen LogP contribution in [0.2, 0.25) is 5.02 Å². The Hall–Kier alpha value is -5.31. The third-order valence-electron chi connectivity index (χ3n) is 8.26. The van der Waals surface area contributed by atoms with Gasteiger partial charge in [0, 0.05) is 55.4 Å². The second kappa shape index (κ2) is 10.9. The number of likely N-dealkylation sites (N-methyl/N-ethyl adjacent to an activating group) is 1. The number of fused-ring (bicyclic) bond motifs is 2. The molecule has 46 heavy (non-hydrogen) atoms. The highest BCUT2D eigenvalue weighted by Gasteiger charge is 2.45. The maximum atomic E-state index is 15.6. The molecule has 3 N–H and O–H groups in total. The number of aromatic nitrogens is 6. The number of anilines is 5. The fraction of sp³-hybridized carbons (Fsp3) is 0.267. The van der Waals surface area contributed by atoms with Gasteiger partial charge in [-0.15, -0.1) is 0 Å². The largest absolute Gasteiger partial charge is 0.376 e. The molecule has 2 aliphatic rings. The van der Waals surface area contributed by atoms with Crippen molar-refractivity contribution in [1.82, 2.24) is 29.3 Å². The smallest absolute Gasteiger partial charge is 0.334 e. The molecule has 236 valence electrons. The zero-order chi connectivity index (χ0) is 32.3. The van der Waals surface area contributed by atoms with Gasteiger partial charge in [0.1, 0.15) is 5.02 Å². The molecule has 5 aromatic rings. The van der Waals surface area contributed by atoms with Gasteiger partial charge in [0.05, 0.1) is 30.7 Å². The zero-order valence-electron chi connectivity index (χ0n) is 24.6. The summed E-state index contributed by atoms with van der Waals surface area (Å²) in [6, 6.07) is 10.5. The number of halogens is 3. The molecule has 0 bridgehead atoms. The Bertz CT molecular complexity index is 2150. The first kappa shape index (κ1) is 29.4. The van der Waals surface area contributed by atoms with E-state index in [1.54, 1.807) is 47.9 Å². The maximum Gasteiger partial charge on any atom is 0.334 e. The number of alkyl halides is 2. The van der Waals surface area contributed by atoms with E-state index < -0.39 is 29.8 Å². The number of carbonyl (C=O) groups is 1. The summed E-state index contributed by atoms with van der Waals surface area (Å²) < 4.78 is 33.9. The van der Waals surface area contributed by atoms with Crippen molar-refractivity contribution in [3.63, 3.8) is 0 Å². The van der Waals surface area contributed by atoms with Crippen LogP contribution in [0.4, 0.5) is 37.6 Å². The number of carbonyl (C=O) groups excluding carboxylic acids is 1. The van der Waals surface area contributed by atoms with Crippen molar-refractivity contribution in [3.8, 4) is 5.82 Å². The van der Waals surface area contributed by atoms with Crippen molar-refractivity contribution in [3.05, 3.63) is 86.3 Å². The normalized spacial score (nSPS) is 17.4. The standard InChI is InChI=1S/C30H27ClF2N10O3/c1-40-21-6-4-17(11-16(21)12-25(40)45)36-26-20(31)14-34-28(38-26)42-9-7-23(30(32,33)15-42)35-18-3-5-19-22(13-18)41(2)39-27(19)43-10-8-24(44)37-29(43)46/h3-6,8,10-11,13-14,23,35H,7,9,12,15H2,1-2H3,(H,34,36,38)(H,37,44,46). The summed E-state index contributed by atoms with van der Waals surface area (Å²) in [6.45, 7) is -0.360. The predicted octanol–water partition coefficient (Wildman–Crippen LogP) is 3.44. The fourth-order valence-electron chi connectivity index (χ4n) is 5.86. The molecule has 2 aromatic carbocycles. The van der Waals surface area contributed by atoms with Crippen LogP contribution in [0.25, 0.3) is 16.7 Å². The van der Waals surface area contributed by atoms with Gasteiger partial charge < -0.3 is 20.4 Å². The molecule has 0 aliphatic carbocycles. The van der Waals surface area contributed by atoms with E-state index in [2.05, 4.69) is 30.7 Å². The Morgan fingerprint density at radius 2 is 1.87 bits per heavy atom. The summed E-state index contributed by atoms with van der Waals surface area (Å²) in [5.74, 6) is -2.47. The van der Waals surface area contributed by atoms with Crippen LogP contribution in [0.3, 0.4) is 0 Å². The van der Waals surface area contributed by atoms with Crippen LogP contribution in [0.15, 0.2) is 64.4 Å². The first-order valence-corrected chi connectivity index (χ1v) is 14.7. The molecule has 1 fully saturated rings. The molecule has 0 radical (unpaired) electrons. The lowest BCUT2D eigenvalue weighted by Gasteiger charge is -2.39.